The molecule has 1 unspecified atom stereocenters. The Kier molecular flexibility index (Phi) is 3.61. The van der Waals surface area contributed by atoms with Gasteiger partial charge in [-0.1, -0.05) is 17.3 Å². The summed E-state index contributed by atoms with van der Waals surface area (Å²) < 4.78 is 12.0. The van der Waals surface area contributed by atoms with Crippen LogP contribution >= 0.6 is 11.3 Å². The number of thiazole rings is 1. The molecule has 6 nitrogen and oxygen atoms in total. The van der Waals surface area contributed by atoms with Crippen molar-refractivity contribution in [2.24, 2.45) is 0 Å². The van der Waals surface area contributed by atoms with Crippen LogP contribution in [0.4, 0.5) is 0 Å². The number of hydrogen-bond donors (Lipinski definition) is 0. The van der Waals surface area contributed by atoms with Crippen LogP contribution in [-0.4, -0.2) is 39.7 Å². The number of hydrogen-bond acceptors (Lipinski definition) is 7. The second-order valence-corrected chi connectivity index (χ2v) is 6.46. The topological polar surface area (TPSA) is 64.3 Å². The van der Waals surface area contributed by atoms with Crippen LogP contribution in [0.5, 0.6) is 0 Å². The van der Waals surface area contributed by atoms with Crippen molar-refractivity contribution in [3.8, 4) is 0 Å². The van der Waals surface area contributed by atoms with Crippen molar-refractivity contribution >= 4 is 21.6 Å². The summed E-state index contributed by atoms with van der Waals surface area (Å²) in [5, 5.41) is 5.10. The van der Waals surface area contributed by atoms with E-state index in [1.165, 1.54) is 4.70 Å². The summed E-state index contributed by atoms with van der Waals surface area (Å²) >= 11 is 1.75. The molecule has 0 spiro atoms. The molecule has 1 atom stereocenters. The highest BCUT2D eigenvalue weighted by atomic mass is 32.1. The lowest BCUT2D eigenvalue weighted by atomic mass is 10.2. The zero-order valence-corrected chi connectivity index (χ0v) is 13.0. The van der Waals surface area contributed by atoms with Crippen LogP contribution in [0.15, 0.2) is 28.8 Å². The van der Waals surface area contributed by atoms with E-state index in [4.69, 9.17) is 14.2 Å². The van der Waals surface area contributed by atoms with Crippen molar-refractivity contribution in [1.29, 1.82) is 0 Å². The van der Waals surface area contributed by atoms with Crippen LogP contribution in [0, 0.1) is 6.92 Å². The maximum Gasteiger partial charge on any atom is 0.223 e. The number of aryl methyl sites for hydroxylation is 1. The predicted octanol–water partition coefficient (Wildman–Crippen LogP) is 2.56. The largest absolute Gasteiger partial charge is 0.367 e. The number of para-hydroxylation sites is 1. The lowest BCUT2D eigenvalue weighted by molar-refractivity contribution is -0.0380. The molecular weight excluding hydrogens is 300 g/mol. The molecule has 1 fully saturated rings. The standard InChI is InChI=1S/C15H16N4O2S/c1-10-16-15(18-21-10)12-8-19(6-7-20-12)9-14-17-11-4-2-3-5-13(11)22-14/h2-5,12H,6-9H2,1H3. The molecule has 4 rings (SSSR count). The van der Waals surface area contributed by atoms with E-state index in [1.54, 1.807) is 18.3 Å². The average molecular weight is 316 g/mol. The minimum atomic E-state index is -0.124. The zero-order chi connectivity index (χ0) is 14.9. The molecule has 1 aliphatic heterocycles. The molecule has 1 saturated heterocycles. The SMILES string of the molecule is Cc1nc(C2CN(Cc3nc4ccccc4s3)CCO2)no1. The Morgan fingerprint density at radius 2 is 2.23 bits per heavy atom. The predicted molar refractivity (Wildman–Crippen MR) is 82.6 cm³/mol. The highest BCUT2D eigenvalue weighted by Gasteiger charge is 2.26. The molecule has 2 aromatic heterocycles. The third-order valence-corrected chi connectivity index (χ3v) is 4.70. The zero-order valence-electron chi connectivity index (χ0n) is 12.2. The molecule has 7 heteroatoms. The molecule has 3 heterocycles. The monoisotopic (exact) mass is 316 g/mol. The first-order chi connectivity index (χ1) is 10.8. The van der Waals surface area contributed by atoms with E-state index in [-0.39, 0.29) is 6.10 Å². The Labute approximate surface area is 131 Å². The number of benzene rings is 1. The summed E-state index contributed by atoms with van der Waals surface area (Å²) in [6.45, 7) is 4.94. The molecule has 114 valence electrons. The number of ether oxygens (including phenoxy) is 1. The van der Waals surface area contributed by atoms with Crippen molar-refractivity contribution in [2.45, 2.75) is 19.6 Å². The van der Waals surface area contributed by atoms with Gasteiger partial charge < -0.3 is 9.26 Å². The molecule has 1 aromatic carbocycles. The summed E-state index contributed by atoms with van der Waals surface area (Å²) in [5.74, 6) is 1.20. The Bertz CT molecular complexity index is 752. The Morgan fingerprint density at radius 1 is 1.32 bits per heavy atom. The normalized spacial score (nSPS) is 19.8. The van der Waals surface area contributed by atoms with E-state index < -0.39 is 0 Å². The number of nitrogens with zero attached hydrogens (tertiary/aromatic N) is 4. The van der Waals surface area contributed by atoms with E-state index >= 15 is 0 Å². The highest BCUT2D eigenvalue weighted by Crippen LogP contribution is 2.25. The molecule has 0 bridgehead atoms. The van der Waals surface area contributed by atoms with Crippen LogP contribution in [0.2, 0.25) is 0 Å². The van der Waals surface area contributed by atoms with Crippen LogP contribution in [-0.2, 0) is 11.3 Å². The van der Waals surface area contributed by atoms with Crippen molar-refractivity contribution in [2.75, 3.05) is 19.7 Å². The van der Waals surface area contributed by atoms with Gasteiger partial charge in [-0.2, -0.15) is 4.98 Å². The van der Waals surface area contributed by atoms with Crippen molar-refractivity contribution in [3.63, 3.8) is 0 Å². The van der Waals surface area contributed by atoms with Gasteiger partial charge in [0.15, 0.2) is 0 Å². The Hall–Kier alpha value is -1.83. The lowest BCUT2D eigenvalue weighted by Crippen LogP contribution is -2.38. The van der Waals surface area contributed by atoms with Gasteiger partial charge in [0.1, 0.15) is 11.1 Å². The van der Waals surface area contributed by atoms with Crippen molar-refractivity contribution in [1.82, 2.24) is 20.0 Å². The molecule has 0 N–H and O–H groups in total. The van der Waals surface area contributed by atoms with Gasteiger partial charge in [-0.15, -0.1) is 11.3 Å². The fourth-order valence-electron chi connectivity index (χ4n) is 2.63. The number of fused-ring (bicyclic) bond motifs is 1. The molecule has 0 saturated carbocycles. The molecule has 0 amide bonds. The minimum Gasteiger partial charge on any atom is -0.367 e. The van der Waals surface area contributed by atoms with Gasteiger partial charge in [-0.3, -0.25) is 4.90 Å². The van der Waals surface area contributed by atoms with Crippen LogP contribution in [0.25, 0.3) is 10.2 Å². The van der Waals surface area contributed by atoms with Gasteiger partial charge >= 0.3 is 0 Å². The molecular formula is C15H16N4O2S. The Balaban J connectivity index is 1.48. The van der Waals surface area contributed by atoms with Gasteiger partial charge in [-0.05, 0) is 12.1 Å². The van der Waals surface area contributed by atoms with Gasteiger partial charge in [0, 0.05) is 20.0 Å². The van der Waals surface area contributed by atoms with Crippen LogP contribution < -0.4 is 0 Å². The van der Waals surface area contributed by atoms with E-state index in [2.05, 4.69) is 27.2 Å². The third kappa shape index (κ3) is 2.75. The minimum absolute atomic E-state index is 0.124. The van der Waals surface area contributed by atoms with E-state index in [1.807, 2.05) is 12.1 Å². The molecule has 0 aliphatic carbocycles. The fourth-order valence-corrected chi connectivity index (χ4v) is 3.64. The van der Waals surface area contributed by atoms with Crippen LogP contribution in [0.1, 0.15) is 22.8 Å². The summed E-state index contributed by atoms with van der Waals surface area (Å²) in [4.78, 5) is 11.3. The first-order valence-electron chi connectivity index (χ1n) is 7.26. The van der Waals surface area contributed by atoms with Gasteiger partial charge in [0.25, 0.3) is 0 Å². The Morgan fingerprint density at radius 3 is 3.05 bits per heavy atom. The van der Waals surface area contributed by atoms with E-state index in [0.717, 1.165) is 30.2 Å². The van der Waals surface area contributed by atoms with Gasteiger partial charge in [-0.25, -0.2) is 4.98 Å². The highest BCUT2D eigenvalue weighted by molar-refractivity contribution is 7.18. The first kappa shape index (κ1) is 13.8. The molecule has 3 aromatic rings. The fraction of sp³-hybridized carbons (Fsp3) is 0.400. The first-order valence-corrected chi connectivity index (χ1v) is 8.08. The number of aromatic nitrogens is 3. The molecule has 1 aliphatic rings. The summed E-state index contributed by atoms with van der Waals surface area (Å²) in [7, 11) is 0. The third-order valence-electron chi connectivity index (χ3n) is 3.68. The molecule has 0 radical (unpaired) electrons. The summed E-state index contributed by atoms with van der Waals surface area (Å²) in [5.41, 5.74) is 1.07. The van der Waals surface area contributed by atoms with Gasteiger partial charge in [0.05, 0.1) is 23.4 Å². The molecule has 22 heavy (non-hydrogen) atoms. The van der Waals surface area contributed by atoms with Crippen molar-refractivity contribution < 1.29 is 9.26 Å². The maximum atomic E-state index is 5.76. The van der Waals surface area contributed by atoms with Crippen LogP contribution in [0.3, 0.4) is 0 Å². The average Bonchev–Trinajstić information content (AvgIpc) is 3.13. The van der Waals surface area contributed by atoms with Crippen molar-refractivity contribution in [3.05, 3.63) is 41.0 Å². The van der Waals surface area contributed by atoms with E-state index in [9.17, 15) is 0 Å². The smallest absolute Gasteiger partial charge is 0.223 e. The summed E-state index contributed by atoms with van der Waals surface area (Å²) in [6, 6.07) is 8.24. The quantitative estimate of drug-likeness (QED) is 0.740. The maximum absolute atomic E-state index is 5.76. The second kappa shape index (κ2) is 5.75. The van der Waals surface area contributed by atoms with E-state index in [0.29, 0.717) is 18.3 Å². The lowest BCUT2D eigenvalue weighted by Gasteiger charge is -2.30. The number of rotatable bonds is 3. The summed E-state index contributed by atoms with van der Waals surface area (Å²) in [6.07, 6.45) is -0.124. The number of morpholine rings is 1. The van der Waals surface area contributed by atoms with Gasteiger partial charge in [0.2, 0.25) is 11.7 Å². The second-order valence-electron chi connectivity index (χ2n) is 5.34.